The van der Waals surface area contributed by atoms with E-state index in [2.05, 4.69) is 50.2 Å². The summed E-state index contributed by atoms with van der Waals surface area (Å²) in [5.74, 6) is 0.593. The van der Waals surface area contributed by atoms with Gasteiger partial charge in [-0.1, -0.05) is 207 Å². The van der Waals surface area contributed by atoms with Crippen molar-refractivity contribution in [2.75, 3.05) is 67.6 Å². The largest absolute Gasteiger partial charge is 0.726 e. The molecule has 0 spiro atoms. The lowest BCUT2D eigenvalue weighted by Gasteiger charge is -2.42. The zero-order valence-corrected chi connectivity index (χ0v) is 48.5. The van der Waals surface area contributed by atoms with Gasteiger partial charge in [-0.2, -0.15) is 0 Å². The fourth-order valence-corrected chi connectivity index (χ4v) is 9.63. The quantitative estimate of drug-likeness (QED) is 0.0253. The minimum Gasteiger partial charge on any atom is -0.726 e. The molecule has 0 amide bonds. The molecule has 14 nitrogen and oxygen atoms in total. The molecule has 0 aromatic carbocycles. The van der Waals surface area contributed by atoms with E-state index < -0.39 is 33.0 Å². The summed E-state index contributed by atoms with van der Waals surface area (Å²) in [5.41, 5.74) is 0. The predicted molar refractivity (Wildman–Crippen MR) is 286 cm³/mol. The van der Waals surface area contributed by atoms with Crippen molar-refractivity contribution >= 4 is 32.4 Å². The van der Waals surface area contributed by atoms with Gasteiger partial charge in [-0.25, -0.2) is 16.8 Å². The Hall–Kier alpha value is -1.08. The molecule has 0 aliphatic carbocycles. The number of nitrogens with zero attached hydrogens (tertiary/aromatic N) is 2. The third-order valence-electron chi connectivity index (χ3n) is 13.6. The van der Waals surface area contributed by atoms with Crippen molar-refractivity contribution in [3.63, 3.8) is 0 Å². The number of Topliss-reactive ketones (excluding diaryl/α,β-unsaturated/α-hetero) is 2. The van der Waals surface area contributed by atoms with Crippen LogP contribution in [0.25, 0.3) is 0 Å². The number of ketones is 2. The molecule has 0 bridgehead atoms. The van der Waals surface area contributed by atoms with Crippen LogP contribution in [0, 0.1) is 11.8 Å². The number of carbonyl (C=O) groups is 2. The molecule has 6 atom stereocenters. The highest BCUT2D eigenvalue weighted by molar-refractivity contribution is 7.81. The van der Waals surface area contributed by atoms with E-state index in [0.717, 1.165) is 53.0 Å². The number of hydrogen-bond donors (Lipinski definition) is 2. The van der Waals surface area contributed by atoms with E-state index in [9.17, 15) is 45.7 Å². The zero-order valence-electron chi connectivity index (χ0n) is 46.9. The average molecular weight is 1050 g/mol. The molecule has 2 N–H and O–H groups in total. The fraction of sp³-hybridized carbons (Fsp3) is 0.963. The maximum Gasteiger partial charge on any atom is 0.217 e. The average Bonchev–Trinajstić information content (AvgIpc) is 3.27. The van der Waals surface area contributed by atoms with Crippen LogP contribution in [-0.2, 0) is 38.8 Å². The van der Waals surface area contributed by atoms with E-state index in [4.69, 9.17) is 0 Å². The molecule has 70 heavy (non-hydrogen) atoms. The molecule has 0 aliphatic rings. The van der Waals surface area contributed by atoms with E-state index in [-0.39, 0.29) is 11.8 Å². The maximum absolute atomic E-state index is 13.3. The van der Waals surface area contributed by atoms with E-state index in [0.29, 0.717) is 59.6 Å². The minimum atomic E-state index is -4.41. The second kappa shape index (κ2) is 46.5. The van der Waals surface area contributed by atoms with Crippen molar-refractivity contribution in [1.29, 1.82) is 0 Å². The summed E-state index contributed by atoms with van der Waals surface area (Å²) in [7, 11) is -2.84. The van der Waals surface area contributed by atoms with E-state index in [1.807, 2.05) is 13.8 Å². The van der Waals surface area contributed by atoms with Gasteiger partial charge in [0, 0.05) is 12.8 Å². The molecule has 0 saturated carbocycles. The summed E-state index contributed by atoms with van der Waals surface area (Å²) in [6.45, 7) is 16.6. The van der Waals surface area contributed by atoms with Crippen LogP contribution >= 0.6 is 0 Å². The molecule has 0 aromatic rings. The molecule has 0 saturated heterocycles. The van der Waals surface area contributed by atoms with Gasteiger partial charge in [0.15, 0.2) is 0 Å². The smallest absolute Gasteiger partial charge is 0.217 e. The first-order valence-corrected chi connectivity index (χ1v) is 30.7. The SMILES string of the molecule is CCCCCCCCCCCCCCCCCC(=O)C(C)C[N+](C)(CC[N+](C)(CC(C)O)CC(C)C(=O)CCCCCCCCCCCCCCCCC)CC(C)O.COS(=O)(=O)[O-].COS(=O)(=O)[O-]. The molecule has 0 aliphatic heterocycles. The lowest BCUT2D eigenvalue weighted by atomic mass is 9.97. The Bertz CT molecular complexity index is 1330. The molecule has 6 unspecified atom stereocenters. The number of aliphatic hydroxyl groups excluding tert-OH is 2. The predicted octanol–water partition coefficient (Wildman–Crippen LogP) is 11.8. The van der Waals surface area contributed by atoms with Gasteiger partial charge in [0.05, 0.1) is 53.2 Å². The highest BCUT2D eigenvalue weighted by atomic mass is 32.3. The molecule has 0 fully saturated rings. The van der Waals surface area contributed by atoms with E-state index >= 15 is 0 Å². The van der Waals surface area contributed by atoms with Gasteiger partial charge in [0.1, 0.15) is 50.0 Å². The van der Waals surface area contributed by atoms with Crippen LogP contribution in [0.1, 0.15) is 247 Å². The molecule has 0 aromatic heterocycles. The Morgan fingerprint density at radius 3 is 0.771 bits per heavy atom. The summed E-state index contributed by atoms with van der Waals surface area (Å²) in [5, 5.41) is 21.1. The van der Waals surface area contributed by atoms with Crippen LogP contribution in [0.15, 0.2) is 0 Å². The standard InChI is InChI=1S/C52H106N2O4.2CH4O4S/c1-9-11-13-15-17-19-21-23-25-27-29-31-33-35-37-39-51(57)47(3)43-53(7,45-49(5)55)41-42-54(8,46-50(6)56)44-48(4)52(58)40-38-36-34-32-30-28-26-24-22-20-18-16-14-12-10-2;2*1-5-6(2,3)4/h47-50,55-56H,9-46H2,1-8H3;2*1H3,(H,2,3,4)/q+2;;/p-2. The highest BCUT2D eigenvalue weighted by Crippen LogP contribution is 2.21. The Morgan fingerprint density at radius 2 is 0.600 bits per heavy atom. The summed E-state index contributed by atoms with van der Waals surface area (Å²) in [6.07, 6.45) is 40.2. The number of carbonyl (C=O) groups excluding carboxylic acids is 2. The molecule has 0 heterocycles. The second-order valence-corrected chi connectivity index (χ2v) is 23.7. The third kappa shape index (κ3) is 53.2. The van der Waals surface area contributed by atoms with E-state index in [1.165, 1.54) is 167 Å². The zero-order chi connectivity index (χ0) is 53.7. The summed E-state index contributed by atoms with van der Waals surface area (Å²) in [6, 6.07) is 0. The number of unbranched alkanes of at least 4 members (excludes halogenated alkanes) is 28. The number of quaternary nitrogens is 2. The third-order valence-corrected chi connectivity index (χ3v) is 14.4. The fourth-order valence-electron chi connectivity index (χ4n) is 9.63. The Labute approximate surface area is 432 Å². The van der Waals surface area contributed by atoms with Crippen molar-refractivity contribution in [2.24, 2.45) is 11.8 Å². The van der Waals surface area contributed by atoms with Gasteiger partial charge in [-0.3, -0.25) is 18.0 Å². The van der Waals surface area contributed by atoms with Gasteiger partial charge < -0.3 is 28.3 Å². The lowest BCUT2D eigenvalue weighted by molar-refractivity contribution is -0.967. The number of aliphatic hydroxyl groups is 2. The number of likely N-dealkylation sites (N-methyl/N-ethyl adjacent to an activating group) is 2. The van der Waals surface area contributed by atoms with Crippen molar-refractivity contribution in [3.8, 4) is 0 Å². The number of rotatable bonds is 47. The Morgan fingerprint density at radius 1 is 0.414 bits per heavy atom. The highest BCUT2D eigenvalue weighted by Gasteiger charge is 2.35. The van der Waals surface area contributed by atoms with Crippen molar-refractivity contribution in [2.45, 2.75) is 259 Å². The first-order valence-electron chi connectivity index (χ1n) is 28.0. The van der Waals surface area contributed by atoms with Crippen LogP contribution in [0.4, 0.5) is 0 Å². The van der Waals surface area contributed by atoms with Gasteiger partial charge >= 0.3 is 0 Å². The molecular weight excluding hydrogens is 933 g/mol. The molecule has 16 heteroatoms. The molecule has 422 valence electrons. The van der Waals surface area contributed by atoms with E-state index in [1.54, 1.807) is 0 Å². The van der Waals surface area contributed by atoms with Crippen LogP contribution in [0.3, 0.4) is 0 Å². The first kappa shape index (κ1) is 73.2. The topological polar surface area (TPSA) is 207 Å². The van der Waals surface area contributed by atoms with Crippen LogP contribution < -0.4 is 0 Å². The van der Waals surface area contributed by atoms with Crippen LogP contribution in [-0.4, -0.2) is 136 Å². The monoisotopic (exact) mass is 1040 g/mol. The molecular formula is C54H112N2O12S2. The minimum absolute atomic E-state index is 0.0543. The molecule has 0 rings (SSSR count). The van der Waals surface area contributed by atoms with Crippen LogP contribution in [0.5, 0.6) is 0 Å². The second-order valence-electron chi connectivity index (χ2n) is 21.4. The number of hydrogen-bond acceptors (Lipinski definition) is 12. The summed E-state index contributed by atoms with van der Waals surface area (Å²) in [4.78, 5) is 26.6. The van der Waals surface area contributed by atoms with Gasteiger partial charge in [-0.15, -0.1) is 0 Å². The normalized spacial score (nSPS) is 15.3. The van der Waals surface area contributed by atoms with Gasteiger partial charge in [-0.05, 0) is 26.7 Å². The summed E-state index contributed by atoms with van der Waals surface area (Å²) >= 11 is 0. The van der Waals surface area contributed by atoms with Crippen molar-refractivity contribution in [1.82, 2.24) is 0 Å². The van der Waals surface area contributed by atoms with Crippen molar-refractivity contribution < 1.29 is 63.1 Å². The lowest BCUT2D eigenvalue weighted by Crippen LogP contribution is -2.60. The first-order chi connectivity index (χ1) is 32.9. The van der Waals surface area contributed by atoms with Gasteiger partial charge in [0.2, 0.25) is 20.8 Å². The van der Waals surface area contributed by atoms with Crippen LogP contribution in [0.2, 0.25) is 0 Å². The maximum atomic E-state index is 13.3. The van der Waals surface area contributed by atoms with Gasteiger partial charge in [0.25, 0.3) is 0 Å². The summed E-state index contributed by atoms with van der Waals surface area (Å²) < 4.78 is 63.3. The Balaban J connectivity index is -0.00000329. The van der Waals surface area contributed by atoms with Crippen molar-refractivity contribution in [3.05, 3.63) is 0 Å². The Kier molecular flexibility index (Phi) is 48.6. The molecule has 0 radical (unpaired) electrons.